The lowest BCUT2D eigenvalue weighted by Crippen LogP contribution is -2.21. The summed E-state index contributed by atoms with van der Waals surface area (Å²) in [6.07, 6.45) is 1.47. The van der Waals surface area contributed by atoms with Crippen LogP contribution < -0.4 is 5.56 Å². The number of benzene rings is 2. The summed E-state index contributed by atoms with van der Waals surface area (Å²) in [4.78, 5) is 17.5. The average Bonchev–Trinajstić information content (AvgIpc) is 3.11. The number of H-pyrrole nitrogens is 1. The molecule has 2 aromatic carbocycles. The van der Waals surface area contributed by atoms with Crippen LogP contribution in [0, 0.1) is 12.7 Å². The average molecular weight is 366 g/mol. The number of aromatic nitrogens is 4. The first-order chi connectivity index (χ1) is 12.6. The molecule has 0 fully saturated rings. The molecule has 130 valence electrons. The van der Waals surface area contributed by atoms with Gasteiger partial charge in [0.2, 0.25) is 0 Å². The van der Waals surface area contributed by atoms with Gasteiger partial charge in [0, 0.05) is 5.75 Å². The molecule has 0 saturated heterocycles. The Kier molecular flexibility index (Phi) is 4.30. The van der Waals surface area contributed by atoms with E-state index in [2.05, 4.69) is 15.2 Å². The molecule has 4 aromatic rings. The predicted molar refractivity (Wildman–Crippen MR) is 100 cm³/mol. The van der Waals surface area contributed by atoms with Crippen molar-refractivity contribution >= 4 is 22.8 Å². The van der Waals surface area contributed by atoms with E-state index in [9.17, 15) is 9.18 Å². The zero-order valence-corrected chi connectivity index (χ0v) is 14.8. The van der Waals surface area contributed by atoms with Crippen LogP contribution in [0.5, 0.6) is 0 Å². The van der Waals surface area contributed by atoms with Gasteiger partial charge in [-0.1, -0.05) is 47.7 Å². The van der Waals surface area contributed by atoms with Gasteiger partial charge in [0.25, 0.3) is 5.56 Å². The van der Waals surface area contributed by atoms with Crippen molar-refractivity contribution in [3.63, 3.8) is 0 Å². The highest BCUT2D eigenvalue weighted by Gasteiger charge is 2.15. The number of aryl methyl sites for hydroxylation is 1. The molecule has 2 aromatic heterocycles. The van der Waals surface area contributed by atoms with Crippen molar-refractivity contribution < 1.29 is 4.39 Å². The minimum absolute atomic E-state index is 0.205. The van der Waals surface area contributed by atoms with Crippen LogP contribution >= 0.6 is 11.8 Å². The molecule has 1 N–H and O–H groups in total. The number of thioether (sulfide) groups is 1. The monoisotopic (exact) mass is 366 g/mol. The predicted octanol–water partition coefficient (Wildman–Crippen LogP) is 3.85. The lowest BCUT2D eigenvalue weighted by atomic mass is 10.2. The summed E-state index contributed by atoms with van der Waals surface area (Å²) in [6.45, 7) is 1.98. The van der Waals surface area contributed by atoms with Gasteiger partial charge in [0.1, 0.15) is 11.2 Å². The summed E-state index contributed by atoms with van der Waals surface area (Å²) >= 11 is 1.31. The van der Waals surface area contributed by atoms with Crippen LogP contribution in [0.3, 0.4) is 0 Å². The van der Waals surface area contributed by atoms with Crippen molar-refractivity contribution in [1.82, 2.24) is 19.7 Å². The third-order valence-electron chi connectivity index (χ3n) is 4.06. The molecule has 0 aliphatic rings. The molecule has 7 heteroatoms. The lowest BCUT2D eigenvalue weighted by molar-refractivity contribution is 0.617. The highest BCUT2D eigenvalue weighted by Crippen LogP contribution is 2.25. The number of hydrogen-bond acceptors (Lipinski definition) is 4. The number of halogens is 1. The fourth-order valence-electron chi connectivity index (χ4n) is 2.65. The Bertz CT molecular complexity index is 1130. The quantitative estimate of drug-likeness (QED) is 0.440. The van der Waals surface area contributed by atoms with Gasteiger partial charge in [0.05, 0.1) is 11.9 Å². The second-order valence-electron chi connectivity index (χ2n) is 5.88. The Labute approximate surface area is 152 Å². The standard InChI is InChI=1S/C19H15FN4OS/c1-12-6-8-14(9-7-12)24-18(25)15-10-21-23-17(15)22-19(24)26-11-13-4-2-3-5-16(13)20/h2-10H,11H2,1H3,(H,21,23). The maximum Gasteiger partial charge on any atom is 0.269 e. The van der Waals surface area contributed by atoms with Crippen LogP contribution in [0.1, 0.15) is 11.1 Å². The Morgan fingerprint density at radius 2 is 1.92 bits per heavy atom. The van der Waals surface area contributed by atoms with Gasteiger partial charge in [0.15, 0.2) is 10.8 Å². The van der Waals surface area contributed by atoms with Crippen LogP contribution in [0.25, 0.3) is 16.7 Å². The van der Waals surface area contributed by atoms with Crippen LogP contribution in [-0.2, 0) is 5.75 Å². The molecule has 0 spiro atoms. The highest BCUT2D eigenvalue weighted by molar-refractivity contribution is 7.98. The fraction of sp³-hybridized carbons (Fsp3) is 0.105. The van der Waals surface area contributed by atoms with Crippen LogP contribution in [0.15, 0.2) is 64.7 Å². The van der Waals surface area contributed by atoms with Gasteiger partial charge in [-0.15, -0.1) is 0 Å². The third kappa shape index (κ3) is 3.01. The van der Waals surface area contributed by atoms with Crippen LogP contribution in [0.4, 0.5) is 4.39 Å². The van der Waals surface area contributed by atoms with Crippen molar-refractivity contribution in [2.24, 2.45) is 0 Å². The highest BCUT2D eigenvalue weighted by atomic mass is 32.2. The van der Waals surface area contributed by atoms with Crippen molar-refractivity contribution in [1.29, 1.82) is 0 Å². The molecule has 0 saturated carbocycles. The first kappa shape index (κ1) is 16.5. The Morgan fingerprint density at radius 3 is 2.69 bits per heavy atom. The van der Waals surface area contributed by atoms with Crippen molar-refractivity contribution in [2.45, 2.75) is 17.8 Å². The van der Waals surface area contributed by atoms with E-state index in [4.69, 9.17) is 0 Å². The fourth-order valence-corrected chi connectivity index (χ4v) is 3.64. The molecule has 2 heterocycles. The topological polar surface area (TPSA) is 63.6 Å². The summed E-state index contributed by atoms with van der Waals surface area (Å²) in [5.41, 5.74) is 2.59. The Balaban J connectivity index is 1.82. The minimum Gasteiger partial charge on any atom is -0.268 e. The summed E-state index contributed by atoms with van der Waals surface area (Å²) < 4.78 is 15.5. The molecule has 0 unspecified atom stereocenters. The summed E-state index contributed by atoms with van der Waals surface area (Å²) in [7, 11) is 0. The second-order valence-corrected chi connectivity index (χ2v) is 6.83. The molecule has 5 nitrogen and oxygen atoms in total. The molecule has 0 atom stereocenters. The number of rotatable bonds is 4. The summed E-state index contributed by atoms with van der Waals surface area (Å²) in [5, 5.41) is 7.55. The first-order valence-corrected chi connectivity index (χ1v) is 9.01. The Morgan fingerprint density at radius 1 is 1.15 bits per heavy atom. The molecular weight excluding hydrogens is 351 g/mol. The van der Waals surface area contributed by atoms with E-state index in [1.54, 1.807) is 22.8 Å². The van der Waals surface area contributed by atoms with Gasteiger partial charge in [-0.3, -0.25) is 14.5 Å². The van der Waals surface area contributed by atoms with E-state index < -0.39 is 0 Å². The van der Waals surface area contributed by atoms with Gasteiger partial charge >= 0.3 is 0 Å². The molecule has 0 bridgehead atoms. The lowest BCUT2D eigenvalue weighted by Gasteiger charge is -2.12. The summed E-state index contributed by atoms with van der Waals surface area (Å²) in [6, 6.07) is 14.2. The van der Waals surface area contributed by atoms with Crippen LogP contribution in [0.2, 0.25) is 0 Å². The van der Waals surface area contributed by atoms with E-state index in [1.807, 2.05) is 31.2 Å². The van der Waals surface area contributed by atoms with E-state index in [0.29, 0.717) is 33.2 Å². The number of hydrogen-bond donors (Lipinski definition) is 1. The maximum absolute atomic E-state index is 13.9. The number of aromatic amines is 1. The smallest absolute Gasteiger partial charge is 0.268 e. The van der Waals surface area contributed by atoms with Crippen LogP contribution in [-0.4, -0.2) is 19.7 Å². The van der Waals surface area contributed by atoms with Crippen molar-refractivity contribution in [3.8, 4) is 5.69 Å². The molecule has 0 aliphatic carbocycles. The van der Waals surface area contributed by atoms with E-state index in [0.717, 1.165) is 5.56 Å². The molecular formula is C19H15FN4OS. The molecule has 26 heavy (non-hydrogen) atoms. The van der Waals surface area contributed by atoms with Gasteiger partial charge in [-0.2, -0.15) is 5.10 Å². The van der Waals surface area contributed by atoms with E-state index in [-0.39, 0.29) is 11.4 Å². The maximum atomic E-state index is 13.9. The van der Waals surface area contributed by atoms with Gasteiger partial charge in [-0.25, -0.2) is 9.37 Å². The van der Waals surface area contributed by atoms with Gasteiger partial charge < -0.3 is 0 Å². The number of nitrogens with zero attached hydrogens (tertiary/aromatic N) is 3. The minimum atomic E-state index is -0.271. The largest absolute Gasteiger partial charge is 0.269 e. The van der Waals surface area contributed by atoms with E-state index in [1.165, 1.54) is 24.0 Å². The normalized spacial score (nSPS) is 11.2. The molecule has 0 aliphatic heterocycles. The zero-order valence-electron chi connectivity index (χ0n) is 13.9. The third-order valence-corrected chi connectivity index (χ3v) is 5.05. The second kappa shape index (κ2) is 6.76. The molecule has 0 radical (unpaired) electrons. The van der Waals surface area contributed by atoms with E-state index >= 15 is 0 Å². The number of fused-ring (bicyclic) bond motifs is 1. The molecule has 4 rings (SSSR count). The molecule has 0 amide bonds. The zero-order chi connectivity index (χ0) is 18.1. The van der Waals surface area contributed by atoms with Crippen molar-refractivity contribution in [3.05, 3.63) is 82.0 Å². The Hall–Kier alpha value is -2.93. The van der Waals surface area contributed by atoms with Gasteiger partial charge in [-0.05, 0) is 30.7 Å². The number of nitrogens with one attached hydrogen (secondary N) is 1. The van der Waals surface area contributed by atoms with Crippen molar-refractivity contribution in [2.75, 3.05) is 0 Å². The first-order valence-electron chi connectivity index (χ1n) is 8.03. The SMILES string of the molecule is Cc1ccc(-n2c(SCc3ccccc3F)nc3[nH]ncc3c2=O)cc1. The summed E-state index contributed by atoms with van der Waals surface area (Å²) in [5.74, 6) is 0.0943.